The average Bonchev–Trinajstić information content (AvgIpc) is 2.64. The molecule has 0 saturated carbocycles. The highest BCUT2D eigenvalue weighted by Crippen LogP contribution is 2.32. The SMILES string of the molecule is CC1CNCC1(C)CN1CCCC1=O. The highest BCUT2D eigenvalue weighted by molar-refractivity contribution is 5.78. The highest BCUT2D eigenvalue weighted by atomic mass is 16.2. The van der Waals surface area contributed by atoms with Crippen molar-refractivity contribution in [2.24, 2.45) is 11.3 Å². The standard InChI is InChI=1S/C11H20N2O/c1-9-6-12-7-11(9,2)8-13-5-3-4-10(13)14/h9,12H,3-8H2,1-2H3. The topological polar surface area (TPSA) is 32.3 Å². The van der Waals surface area contributed by atoms with Gasteiger partial charge >= 0.3 is 0 Å². The van der Waals surface area contributed by atoms with Crippen molar-refractivity contribution in [3.63, 3.8) is 0 Å². The maximum atomic E-state index is 11.5. The predicted octanol–water partition coefficient (Wildman–Crippen LogP) is 0.854. The zero-order chi connectivity index (χ0) is 10.2. The van der Waals surface area contributed by atoms with Crippen LogP contribution >= 0.6 is 0 Å². The summed E-state index contributed by atoms with van der Waals surface area (Å²) in [6.07, 6.45) is 1.81. The molecule has 3 heteroatoms. The van der Waals surface area contributed by atoms with Gasteiger partial charge in [-0.15, -0.1) is 0 Å². The molecule has 14 heavy (non-hydrogen) atoms. The molecule has 2 aliphatic heterocycles. The Labute approximate surface area is 85.8 Å². The molecule has 2 fully saturated rings. The molecule has 1 N–H and O–H groups in total. The van der Waals surface area contributed by atoms with E-state index in [1.807, 2.05) is 4.90 Å². The Balaban J connectivity index is 1.98. The molecule has 0 aromatic carbocycles. The minimum absolute atomic E-state index is 0.292. The van der Waals surface area contributed by atoms with Crippen LogP contribution in [0.2, 0.25) is 0 Å². The summed E-state index contributed by atoms with van der Waals surface area (Å²) in [5.41, 5.74) is 0.292. The summed E-state index contributed by atoms with van der Waals surface area (Å²) in [5, 5.41) is 3.41. The molecule has 2 aliphatic rings. The molecule has 0 radical (unpaired) electrons. The van der Waals surface area contributed by atoms with Gasteiger partial charge in [0.2, 0.25) is 5.91 Å². The van der Waals surface area contributed by atoms with Crippen molar-refractivity contribution in [2.75, 3.05) is 26.2 Å². The summed E-state index contributed by atoms with van der Waals surface area (Å²) in [5.74, 6) is 1.03. The molecule has 0 aliphatic carbocycles. The molecule has 80 valence electrons. The molecule has 2 heterocycles. The fraction of sp³-hybridized carbons (Fsp3) is 0.909. The first-order chi connectivity index (χ1) is 6.62. The Hall–Kier alpha value is -0.570. The van der Waals surface area contributed by atoms with E-state index < -0.39 is 0 Å². The Morgan fingerprint density at radius 2 is 2.43 bits per heavy atom. The summed E-state index contributed by atoms with van der Waals surface area (Å²) in [6.45, 7) is 8.64. The fourth-order valence-corrected chi connectivity index (χ4v) is 2.51. The van der Waals surface area contributed by atoms with Gasteiger partial charge in [-0.3, -0.25) is 4.79 Å². The van der Waals surface area contributed by atoms with Crippen LogP contribution in [0.4, 0.5) is 0 Å². The summed E-state index contributed by atoms with van der Waals surface area (Å²) in [4.78, 5) is 13.6. The molecule has 2 saturated heterocycles. The smallest absolute Gasteiger partial charge is 0.222 e. The van der Waals surface area contributed by atoms with Gasteiger partial charge in [0.05, 0.1) is 0 Å². The second-order valence-electron chi connectivity index (χ2n) is 5.10. The van der Waals surface area contributed by atoms with Crippen molar-refractivity contribution in [1.29, 1.82) is 0 Å². The summed E-state index contributed by atoms with van der Waals surface area (Å²) in [6, 6.07) is 0. The van der Waals surface area contributed by atoms with E-state index in [0.29, 0.717) is 17.2 Å². The molecular formula is C11H20N2O. The Morgan fingerprint density at radius 1 is 1.64 bits per heavy atom. The molecule has 0 spiro atoms. The van der Waals surface area contributed by atoms with Crippen LogP contribution in [-0.4, -0.2) is 37.0 Å². The lowest BCUT2D eigenvalue weighted by atomic mass is 9.80. The third kappa shape index (κ3) is 1.65. The van der Waals surface area contributed by atoms with E-state index in [1.165, 1.54) is 0 Å². The minimum Gasteiger partial charge on any atom is -0.342 e. The van der Waals surface area contributed by atoms with Crippen LogP contribution in [0.3, 0.4) is 0 Å². The van der Waals surface area contributed by atoms with E-state index in [1.54, 1.807) is 0 Å². The van der Waals surface area contributed by atoms with Crippen LogP contribution in [0, 0.1) is 11.3 Å². The van der Waals surface area contributed by atoms with Crippen LogP contribution in [0.15, 0.2) is 0 Å². The van der Waals surface area contributed by atoms with E-state index in [2.05, 4.69) is 19.2 Å². The lowest BCUT2D eigenvalue weighted by molar-refractivity contribution is -0.129. The largest absolute Gasteiger partial charge is 0.342 e. The second-order valence-corrected chi connectivity index (χ2v) is 5.10. The quantitative estimate of drug-likeness (QED) is 0.710. The van der Waals surface area contributed by atoms with Gasteiger partial charge in [-0.2, -0.15) is 0 Å². The average molecular weight is 196 g/mol. The van der Waals surface area contributed by atoms with Crippen LogP contribution in [0.5, 0.6) is 0 Å². The Bertz CT molecular complexity index is 241. The number of rotatable bonds is 2. The molecule has 0 aromatic heterocycles. The van der Waals surface area contributed by atoms with E-state index in [4.69, 9.17) is 0 Å². The lowest BCUT2D eigenvalue weighted by Crippen LogP contribution is -2.40. The van der Waals surface area contributed by atoms with E-state index >= 15 is 0 Å². The number of hydrogen-bond donors (Lipinski definition) is 1. The van der Waals surface area contributed by atoms with E-state index in [-0.39, 0.29) is 0 Å². The Morgan fingerprint density at radius 3 is 2.93 bits per heavy atom. The van der Waals surface area contributed by atoms with Crippen LogP contribution in [0.25, 0.3) is 0 Å². The highest BCUT2D eigenvalue weighted by Gasteiger charge is 2.38. The van der Waals surface area contributed by atoms with Gasteiger partial charge in [-0.25, -0.2) is 0 Å². The minimum atomic E-state index is 0.292. The van der Waals surface area contributed by atoms with Crippen molar-refractivity contribution in [2.45, 2.75) is 26.7 Å². The maximum absolute atomic E-state index is 11.5. The van der Waals surface area contributed by atoms with Gasteiger partial charge in [-0.1, -0.05) is 13.8 Å². The number of carbonyl (C=O) groups is 1. The van der Waals surface area contributed by atoms with Gasteiger partial charge in [-0.05, 0) is 18.9 Å². The van der Waals surface area contributed by atoms with Gasteiger partial charge in [0.25, 0.3) is 0 Å². The van der Waals surface area contributed by atoms with Crippen molar-refractivity contribution >= 4 is 5.91 Å². The first-order valence-electron chi connectivity index (χ1n) is 5.60. The lowest BCUT2D eigenvalue weighted by Gasteiger charge is -2.32. The molecule has 2 atom stereocenters. The van der Waals surface area contributed by atoms with E-state index in [0.717, 1.165) is 39.0 Å². The summed E-state index contributed by atoms with van der Waals surface area (Å²) >= 11 is 0. The molecular weight excluding hydrogens is 176 g/mol. The van der Waals surface area contributed by atoms with Crippen molar-refractivity contribution in [3.8, 4) is 0 Å². The molecule has 1 amide bonds. The number of hydrogen-bond acceptors (Lipinski definition) is 2. The third-order valence-corrected chi connectivity index (χ3v) is 3.89. The monoisotopic (exact) mass is 196 g/mol. The van der Waals surface area contributed by atoms with E-state index in [9.17, 15) is 4.79 Å². The zero-order valence-electron chi connectivity index (χ0n) is 9.18. The van der Waals surface area contributed by atoms with Crippen molar-refractivity contribution < 1.29 is 4.79 Å². The van der Waals surface area contributed by atoms with Crippen molar-refractivity contribution in [3.05, 3.63) is 0 Å². The normalized spacial score (nSPS) is 38.3. The van der Waals surface area contributed by atoms with Crippen LogP contribution < -0.4 is 5.32 Å². The van der Waals surface area contributed by atoms with Crippen LogP contribution in [0.1, 0.15) is 26.7 Å². The van der Waals surface area contributed by atoms with Gasteiger partial charge < -0.3 is 10.2 Å². The first-order valence-corrected chi connectivity index (χ1v) is 5.60. The molecule has 0 aromatic rings. The second kappa shape index (κ2) is 3.54. The maximum Gasteiger partial charge on any atom is 0.222 e. The number of amides is 1. The van der Waals surface area contributed by atoms with Gasteiger partial charge in [0, 0.05) is 31.5 Å². The number of nitrogens with one attached hydrogen (secondary N) is 1. The molecule has 2 rings (SSSR count). The summed E-state index contributed by atoms with van der Waals surface area (Å²) in [7, 11) is 0. The number of likely N-dealkylation sites (tertiary alicyclic amines) is 1. The predicted molar refractivity (Wildman–Crippen MR) is 56.0 cm³/mol. The first kappa shape index (κ1) is 9.97. The van der Waals surface area contributed by atoms with Crippen molar-refractivity contribution in [1.82, 2.24) is 10.2 Å². The van der Waals surface area contributed by atoms with Gasteiger partial charge in [0.15, 0.2) is 0 Å². The molecule has 0 bridgehead atoms. The van der Waals surface area contributed by atoms with Crippen LogP contribution in [-0.2, 0) is 4.79 Å². The Kier molecular flexibility index (Phi) is 2.52. The molecule has 2 unspecified atom stereocenters. The van der Waals surface area contributed by atoms with Gasteiger partial charge in [0.1, 0.15) is 0 Å². The number of carbonyl (C=O) groups excluding carboxylic acids is 1. The fourth-order valence-electron chi connectivity index (χ4n) is 2.51. The third-order valence-electron chi connectivity index (χ3n) is 3.89. The molecule has 3 nitrogen and oxygen atoms in total. The summed E-state index contributed by atoms with van der Waals surface area (Å²) < 4.78 is 0. The number of nitrogens with zero attached hydrogens (tertiary/aromatic N) is 1. The zero-order valence-corrected chi connectivity index (χ0v) is 9.18.